The van der Waals surface area contributed by atoms with Crippen molar-refractivity contribution in [2.24, 2.45) is 0 Å². The van der Waals surface area contributed by atoms with Gasteiger partial charge in [0.2, 0.25) is 0 Å². The predicted octanol–water partition coefficient (Wildman–Crippen LogP) is 2.41. The third-order valence-electron chi connectivity index (χ3n) is 3.01. The summed E-state index contributed by atoms with van der Waals surface area (Å²) in [7, 11) is 1.68. The van der Waals surface area contributed by atoms with Crippen molar-refractivity contribution in [3.63, 3.8) is 0 Å². The lowest BCUT2D eigenvalue weighted by atomic mass is 10.2. The molecule has 0 unspecified atom stereocenters. The molecule has 0 saturated heterocycles. The molecule has 0 atom stereocenters. The van der Waals surface area contributed by atoms with Crippen LogP contribution in [0.25, 0.3) is 0 Å². The van der Waals surface area contributed by atoms with E-state index in [2.05, 4.69) is 9.88 Å². The van der Waals surface area contributed by atoms with E-state index in [4.69, 9.17) is 4.74 Å². The van der Waals surface area contributed by atoms with Gasteiger partial charge in [-0.15, -0.1) is 0 Å². The first-order chi connectivity index (χ1) is 9.31. The van der Waals surface area contributed by atoms with Crippen LogP contribution in [-0.4, -0.2) is 24.8 Å². The Morgan fingerprint density at radius 2 is 2.05 bits per heavy atom. The van der Waals surface area contributed by atoms with Crippen LogP contribution in [0, 0.1) is 5.82 Å². The lowest BCUT2D eigenvalue weighted by Gasteiger charge is -2.11. The average molecular weight is 262 g/mol. The maximum atomic E-state index is 13.6. The Labute approximate surface area is 113 Å². The standard InChI is InChI=1S/C15H19FN2O/c1-19-10-8-17-11-14-6-4-9-18(14)12-13-5-2-3-7-15(13)16/h2-7,9,17H,8,10-12H2,1H3. The monoisotopic (exact) mass is 262 g/mol. The lowest BCUT2D eigenvalue weighted by molar-refractivity contribution is 0.199. The van der Waals surface area contributed by atoms with Crippen LogP contribution in [0.4, 0.5) is 4.39 Å². The SMILES string of the molecule is COCCNCc1cccn1Cc1ccccc1F. The number of ether oxygens (including phenoxy) is 1. The highest BCUT2D eigenvalue weighted by Crippen LogP contribution is 2.11. The molecule has 0 aliphatic rings. The minimum atomic E-state index is -0.158. The number of nitrogens with one attached hydrogen (secondary N) is 1. The van der Waals surface area contributed by atoms with Crippen molar-refractivity contribution in [3.8, 4) is 0 Å². The summed E-state index contributed by atoms with van der Waals surface area (Å²) in [6.45, 7) is 2.81. The highest BCUT2D eigenvalue weighted by Gasteiger charge is 2.05. The van der Waals surface area contributed by atoms with E-state index in [1.807, 2.05) is 30.5 Å². The zero-order chi connectivity index (χ0) is 13.5. The summed E-state index contributed by atoms with van der Waals surface area (Å²) >= 11 is 0. The molecule has 4 heteroatoms. The summed E-state index contributed by atoms with van der Waals surface area (Å²) in [5.41, 5.74) is 1.84. The summed E-state index contributed by atoms with van der Waals surface area (Å²) in [5.74, 6) is -0.158. The van der Waals surface area contributed by atoms with E-state index in [9.17, 15) is 4.39 Å². The highest BCUT2D eigenvalue weighted by atomic mass is 19.1. The molecule has 1 heterocycles. The molecule has 0 amide bonds. The first kappa shape index (κ1) is 13.8. The highest BCUT2D eigenvalue weighted by molar-refractivity contribution is 5.19. The fourth-order valence-electron chi connectivity index (χ4n) is 1.97. The molecule has 19 heavy (non-hydrogen) atoms. The summed E-state index contributed by atoms with van der Waals surface area (Å²) in [4.78, 5) is 0. The van der Waals surface area contributed by atoms with Gasteiger partial charge in [-0.1, -0.05) is 18.2 Å². The number of halogens is 1. The van der Waals surface area contributed by atoms with Gasteiger partial charge in [0, 0.05) is 37.7 Å². The second kappa shape index (κ2) is 7.07. The predicted molar refractivity (Wildman–Crippen MR) is 73.5 cm³/mol. The molecule has 1 aromatic carbocycles. The van der Waals surface area contributed by atoms with Crippen LogP contribution < -0.4 is 5.32 Å². The number of aromatic nitrogens is 1. The molecular formula is C15H19FN2O. The van der Waals surface area contributed by atoms with E-state index in [1.165, 1.54) is 6.07 Å². The van der Waals surface area contributed by atoms with Gasteiger partial charge in [0.1, 0.15) is 5.82 Å². The van der Waals surface area contributed by atoms with Crippen molar-refractivity contribution in [1.82, 2.24) is 9.88 Å². The zero-order valence-electron chi connectivity index (χ0n) is 11.1. The first-order valence-corrected chi connectivity index (χ1v) is 6.38. The number of hydrogen-bond donors (Lipinski definition) is 1. The Bertz CT molecular complexity index is 510. The molecule has 0 saturated carbocycles. The van der Waals surface area contributed by atoms with Gasteiger partial charge in [0.05, 0.1) is 13.2 Å². The fraction of sp³-hybridized carbons (Fsp3) is 0.333. The number of rotatable bonds is 7. The number of methoxy groups -OCH3 is 1. The molecule has 1 aromatic heterocycles. The molecule has 102 valence electrons. The maximum absolute atomic E-state index is 13.6. The zero-order valence-corrected chi connectivity index (χ0v) is 11.1. The van der Waals surface area contributed by atoms with Crippen molar-refractivity contribution in [3.05, 3.63) is 59.7 Å². The summed E-state index contributed by atoms with van der Waals surface area (Å²) < 4.78 is 20.7. The van der Waals surface area contributed by atoms with Gasteiger partial charge < -0.3 is 14.6 Å². The normalized spacial score (nSPS) is 10.8. The van der Waals surface area contributed by atoms with Gasteiger partial charge in [-0.3, -0.25) is 0 Å². The first-order valence-electron chi connectivity index (χ1n) is 6.38. The van der Waals surface area contributed by atoms with E-state index in [0.29, 0.717) is 18.7 Å². The van der Waals surface area contributed by atoms with E-state index < -0.39 is 0 Å². The molecule has 3 nitrogen and oxygen atoms in total. The van der Waals surface area contributed by atoms with Crippen LogP contribution in [-0.2, 0) is 17.8 Å². The van der Waals surface area contributed by atoms with Gasteiger partial charge in [-0.25, -0.2) is 4.39 Å². The number of nitrogens with zero attached hydrogens (tertiary/aromatic N) is 1. The molecule has 0 bridgehead atoms. The van der Waals surface area contributed by atoms with Gasteiger partial charge in [0.15, 0.2) is 0 Å². The Hall–Kier alpha value is -1.65. The minimum absolute atomic E-state index is 0.158. The Morgan fingerprint density at radius 1 is 1.21 bits per heavy atom. The van der Waals surface area contributed by atoms with Gasteiger partial charge in [0.25, 0.3) is 0 Å². The number of benzene rings is 1. The summed E-state index contributed by atoms with van der Waals surface area (Å²) in [6, 6.07) is 10.9. The fourth-order valence-corrected chi connectivity index (χ4v) is 1.97. The van der Waals surface area contributed by atoms with Gasteiger partial charge in [-0.2, -0.15) is 0 Å². The van der Waals surface area contributed by atoms with Crippen molar-refractivity contribution in [2.45, 2.75) is 13.1 Å². The quantitative estimate of drug-likeness (QED) is 0.776. The third-order valence-corrected chi connectivity index (χ3v) is 3.01. The molecule has 0 aliphatic heterocycles. The van der Waals surface area contributed by atoms with Gasteiger partial charge >= 0.3 is 0 Å². The minimum Gasteiger partial charge on any atom is -0.383 e. The molecular weight excluding hydrogens is 243 g/mol. The largest absolute Gasteiger partial charge is 0.383 e. The third kappa shape index (κ3) is 3.91. The Morgan fingerprint density at radius 3 is 2.84 bits per heavy atom. The average Bonchev–Trinajstić information content (AvgIpc) is 2.85. The molecule has 1 N–H and O–H groups in total. The second-order valence-corrected chi connectivity index (χ2v) is 4.39. The van der Waals surface area contributed by atoms with Crippen molar-refractivity contribution in [2.75, 3.05) is 20.3 Å². The molecule has 2 rings (SSSR count). The molecule has 0 aliphatic carbocycles. The van der Waals surface area contributed by atoms with Crippen molar-refractivity contribution < 1.29 is 9.13 Å². The Kier molecular flexibility index (Phi) is 5.12. The van der Waals surface area contributed by atoms with Crippen LogP contribution in [0.5, 0.6) is 0 Å². The Balaban J connectivity index is 1.98. The maximum Gasteiger partial charge on any atom is 0.128 e. The van der Waals surface area contributed by atoms with Crippen LogP contribution >= 0.6 is 0 Å². The van der Waals surface area contributed by atoms with Crippen molar-refractivity contribution in [1.29, 1.82) is 0 Å². The molecule has 0 radical (unpaired) electrons. The van der Waals surface area contributed by atoms with Crippen molar-refractivity contribution >= 4 is 0 Å². The molecule has 0 spiro atoms. The smallest absolute Gasteiger partial charge is 0.128 e. The van der Waals surface area contributed by atoms with E-state index in [0.717, 1.165) is 18.8 Å². The van der Waals surface area contributed by atoms with Crippen LogP contribution in [0.1, 0.15) is 11.3 Å². The van der Waals surface area contributed by atoms with Gasteiger partial charge in [-0.05, 0) is 18.2 Å². The van der Waals surface area contributed by atoms with Crippen LogP contribution in [0.15, 0.2) is 42.6 Å². The lowest BCUT2D eigenvalue weighted by Crippen LogP contribution is -2.20. The number of hydrogen-bond acceptors (Lipinski definition) is 2. The summed E-state index contributed by atoms with van der Waals surface area (Å²) in [6.07, 6.45) is 1.97. The molecule has 0 fully saturated rings. The van der Waals surface area contributed by atoms with E-state index in [1.54, 1.807) is 13.2 Å². The second-order valence-electron chi connectivity index (χ2n) is 4.39. The molecule has 2 aromatic rings. The summed E-state index contributed by atoms with van der Waals surface area (Å²) in [5, 5.41) is 3.29. The van der Waals surface area contributed by atoms with Crippen LogP contribution in [0.2, 0.25) is 0 Å². The topological polar surface area (TPSA) is 26.2 Å². The van der Waals surface area contributed by atoms with E-state index >= 15 is 0 Å². The van der Waals surface area contributed by atoms with E-state index in [-0.39, 0.29) is 5.82 Å². The van der Waals surface area contributed by atoms with Crippen LogP contribution in [0.3, 0.4) is 0 Å².